The summed E-state index contributed by atoms with van der Waals surface area (Å²) in [5.41, 5.74) is -3.79. The molecule has 3 nitrogen and oxygen atoms in total. The molecular weight excluding hydrogens is 633 g/mol. The second-order valence-corrected chi connectivity index (χ2v) is 12.9. The average Bonchev–Trinajstić information content (AvgIpc) is 3.01. The van der Waals surface area contributed by atoms with Crippen LogP contribution in [0.5, 0.6) is 0 Å². The molecule has 1 saturated carbocycles. The second kappa shape index (κ2) is 13.6. The highest BCUT2D eigenvalue weighted by atomic mass is 35.5. The molecule has 1 aliphatic heterocycles. The van der Waals surface area contributed by atoms with E-state index in [-0.39, 0.29) is 35.9 Å². The molecule has 250 valence electrons. The van der Waals surface area contributed by atoms with Gasteiger partial charge in [0.05, 0.1) is 22.1 Å². The largest absolute Gasteiger partial charge is 0.416 e. The van der Waals surface area contributed by atoms with Crippen LogP contribution in [0.1, 0.15) is 86.1 Å². The van der Waals surface area contributed by atoms with Gasteiger partial charge in [-0.15, -0.1) is 12.4 Å². The zero-order chi connectivity index (χ0) is 32.6. The number of rotatable bonds is 6. The van der Waals surface area contributed by atoms with Gasteiger partial charge in [0.25, 0.3) is 0 Å². The molecular formula is C35H38ClF7N2O. The van der Waals surface area contributed by atoms with E-state index in [0.717, 1.165) is 49.9 Å². The number of amides is 1. The van der Waals surface area contributed by atoms with Gasteiger partial charge >= 0.3 is 12.4 Å². The van der Waals surface area contributed by atoms with E-state index in [1.54, 1.807) is 0 Å². The lowest BCUT2D eigenvalue weighted by molar-refractivity contribution is -0.143. The molecule has 2 fully saturated rings. The van der Waals surface area contributed by atoms with Crippen molar-refractivity contribution in [1.82, 2.24) is 10.2 Å². The van der Waals surface area contributed by atoms with Crippen LogP contribution >= 0.6 is 12.4 Å². The van der Waals surface area contributed by atoms with E-state index in [2.05, 4.69) is 10.2 Å². The molecule has 3 aromatic rings. The number of hydrogen-bond acceptors (Lipinski definition) is 2. The Kier molecular flexibility index (Phi) is 10.5. The molecule has 1 saturated heterocycles. The van der Waals surface area contributed by atoms with Crippen molar-refractivity contribution in [2.24, 2.45) is 0 Å². The van der Waals surface area contributed by atoms with Crippen molar-refractivity contribution in [3.63, 3.8) is 0 Å². The number of hydrogen-bond donors (Lipinski definition) is 1. The van der Waals surface area contributed by atoms with Crippen molar-refractivity contribution >= 4 is 18.3 Å². The number of likely N-dealkylation sites (tertiary alicyclic amines) is 1. The Morgan fingerprint density at radius 2 is 1.26 bits per heavy atom. The molecule has 0 atom stereocenters. The number of nitrogens with one attached hydrogen (secondary N) is 1. The molecule has 0 aromatic heterocycles. The van der Waals surface area contributed by atoms with Gasteiger partial charge in [-0.1, -0.05) is 42.5 Å². The van der Waals surface area contributed by atoms with Crippen LogP contribution < -0.4 is 5.32 Å². The lowest BCUT2D eigenvalue weighted by Gasteiger charge is -2.47. The minimum Gasteiger partial charge on any atom is -0.346 e. The van der Waals surface area contributed by atoms with Gasteiger partial charge in [-0.25, -0.2) is 4.39 Å². The first-order chi connectivity index (χ1) is 21.1. The molecule has 0 spiro atoms. The van der Waals surface area contributed by atoms with E-state index in [4.69, 9.17) is 0 Å². The first-order valence-electron chi connectivity index (χ1n) is 15.3. The first kappa shape index (κ1) is 35.7. The van der Waals surface area contributed by atoms with E-state index in [1.165, 1.54) is 26.0 Å². The fourth-order valence-electron chi connectivity index (χ4n) is 6.86. The van der Waals surface area contributed by atoms with Crippen LogP contribution in [0.25, 0.3) is 0 Å². The van der Waals surface area contributed by atoms with Crippen LogP contribution in [0, 0.1) is 5.82 Å². The van der Waals surface area contributed by atoms with Crippen molar-refractivity contribution in [2.75, 3.05) is 13.1 Å². The van der Waals surface area contributed by atoms with Crippen LogP contribution in [-0.2, 0) is 28.1 Å². The number of carbonyl (C=O) groups is 1. The smallest absolute Gasteiger partial charge is 0.346 e. The zero-order valence-corrected chi connectivity index (χ0v) is 26.5. The zero-order valence-electron chi connectivity index (χ0n) is 25.6. The Hall–Kier alpha value is -3.11. The minimum atomic E-state index is -5.01. The van der Waals surface area contributed by atoms with Crippen LogP contribution in [0.3, 0.4) is 0 Å². The molecule has 5 rings (SSSR count). The standard InChI is InChI=1S/C35H37F7N2O.ClH/c1-32(2,26-20-27(34(37,38)39)22-28(21-26)35(40,41)42)31(45)43-33(25-6-4-3-5-7-25)16-12-30(13-17-33)44-18-14-24(15-19-44)23-8-10-29(36)11-9-23;/h3-11,20-22,24,30H,12-19H2,1-2H3,(H,43,45);1H. The molecule has 2 aliphatic rings. The maximum Gasteiger partial charge on any atom is 0.416 e. The molecule has 1 heterocycles. The van der Waals surface area contributed by atoms with Gasteiger partial charge in [-0.3, -0.25) is 4.79 Å². The first-order valence-corrected chi connectivity index (χ1v) is 15.3. The topological polar surface area (TPSA) is 32.3 Å². The van der Waals surface area contributed by atoms with E-state index < -0.39 is 40.3 Å². The number of piperidine rings is 1. The van der Waals surface area contributed by atoms with Crippen molar-refractivity contribution in [1.29, 1.82) is 0 Å². The van der Waals surface area contributed by atoms with E-state index in [9.17, 15) is 35.5 Å². The molecule has 0 bridgehead atoms. The van der Waals surface area contributed by atoms with Gasteiger partial charge in [0.15, 0.2) is 0 Å². The molecule has 1 amide bonds. The van der Waals surface area contributed by atoms with Crippen LogP contribution in [0.4, 0.5) is 30.7 Å². The van der Waals surface area contributed by atoms with Gasteiger partial charge in [0.1, 0.15) is 5.82 Å². The molecule has 3 aromatic carbocycles. The van der Waals surface area contributed by atoms with Crippen molar-refractivity contribution in [3.8, 4) is 0 Å². The third-order valence-corrected chi connectivity index (χ3v) is 9.75. The number of halogens is 8. The Bertz CT molecular complexity index is 1440. The predicted molar refractivity (Wildman–Crippen MR) is 165 cm³/mol. The van der Waals surface area contributed by atoms with Gasteiger partial charge < -0.3 is 10.2 Å². The molecule has 0 radical (unpaired) electrons. The highest BCUT2D eigenvalue weighted by Crippen LogP contribution is 2.43. The summed E-state index contributed by atoms with van der Waals surface area (Å²) < 4.78 is 95.0. The van der Waals surface area contributed by atoms with E-state index in [0.29, 0.717) is 30.9 Å². The summed E-state index contributed by atoms with van der Waals surface area (Å²) in [5, 5.41) is 3.11. The maximum absolute atomic E-state index is 13.9. The Morgan fingerprint density at radius 3 is 1.76 bits per heavy atom. The number of alkyl halides is 6. The minimum absolute atomic E-state index is 0. The number of carbonyl (C=O) groups excluding carboxylic acids is 1. The summed E-state index contributed by atoms with van der Waals surface area (Å²) >= 11 is 0. The van der Waals surface area contributed by atoms with E-state index in [1.807, 2.05) is 42.5 Å². The lowest BCUT2D eigenvalue weighted by atomic mass is 9.72. The van der Waals surface area contributed by atoms with Crippen LogP contribution in [0.15, 0.2) is 72.8 Å². The average molecular weight is 671 g/mol. The monoisotopic (exact) mass is 670 g/mol. The van der Waals surface area contributed by atoms with Gasteiger partial charge in [-0.2, -0.15) is 26.3 Å². The van der Waals surface area contributed by atoms with Crippen LogP contribution in [0.2, 0.25) is 0 Å². The third kappa shape index (κ3) is 7.71. The lowest BCUT2D eigenvalue weighted by Crippen LogP contribution is -2.55. The van der Waals surface area contributed by atoms with Gasteiger partial charge in [-0.05, 0) is 118 Å². The van der Waals surface area contributed by atoms with Crippen molar-refractivity contribution in [3.05, 3.63) is 106 Å². The summed E-state index contributed by atoms with van der Waals surface area (Å²) in [6.45, 7) is 4.49. The highest BCUT2D eigenvalue weighted by molar-refractivity contribution is 5.88. The Morgan fingerprint density at radius 1 is 0.761 bits per heavy atom. The molecule has 46 heavy (non-hydrogen) atoms. The second-order valence-electron chi connectivity index (χ2n) is 12.9. The van der Waals surface area contributed by atoms with Crippen molar-refractivity contribution in [2.45, 2.75) is 87.6 Å². The number of nitrogens with zero attached hydrogens (tertiary/aromatic N) is 1. The Balaban J connectivity index is 0.00000480. The Labute approximate surface area is 271 Å². The summed E-state index contributed by atoms with van der Waals surface area (Å²) in [6, 6.07) is 17.6. The highest BCUT2D eigenvalue weighted by Gasteiger charge is 2.45. The molecule has 11 heteroatoms. The number of benzene rings is 3. The van der Waals surface area contributed by atoms with Gasteiger partial charge in [0.2, 0.25) is 5.91 Å². The fourth-order valence-corrected chi connectivity index (χ4v) is 6.86. The van der Waals surface area contributed by atoms with E-state index >= 15 is 0 Å². The van der Waals surface area contributed by atoms with Gasteiger partial charge in [0, 0.05) is 6.04 Å². The predicted octanol–water partition coefficient (Wildman–Crippen LogP) is 9.40. The normalized spacial score (nSPS) is 21.8. The molecule has 1 aliphatic carbocycles. The summed E-state index contributed by atoms with van der Waals surface area (Å²) in [4.78, 5) is 16.4. The third-order valence-electron chi connectivity index (χ3n) is 9.75. The molecule has 1 N–H and O–H groups in total. The molecule has 0 unspecified atom stereocenters. The summed E-state index contributed by atoms with van der Waals surface area (Å²) in [6.07, 6.45) is -5.46. The maximum atomic E-state index is 13.9. The van der Waals surface area contributed by atoms with Crippen LogP contribution in [-0.4, -0.2) is 29.9 Å². The quantitative estimate of drug-likeness (QED) is 0.265. The summed E-state index contributed by atoms with van der Waals surface area (Å²) in [7, 11) is 0. The van der Waals surface area contributed by atoms with Crippen molar-refractivity contribution < 1.29 is 35.5 Å². The SMILES string of the molecule is CC(C)(C(=O)NC1(c2ccccc2)CCC(N2CCC(c3ccc(F)cc3)CC2)CC1)c1cc(C(F)(F)F)cc(C(F)(F)F)c1.Cl. The summed E-state index contributed by atoms with van der Waals surface area (Å²) in [5.74, 6) is -0.530. The fraction of sp³-hybridized carbons (Fsp3) is 0.457.